The number of likely N-dealkylation sites (tertiary alicyclic amines) is 1. The minimum Gasteiger partial charge on any atom is -0.292 e. The molecular formula is C10H14F2N2S. The number of thiazole rings is 1. The van der Waals surface area contributed by atoms with Crippen molar-refractivity contribution < 1.29 is 8.78 Å². The summed E-state index contributed by atoms with van der Waals surface area (Å²) in [5.41, 5.74) is 0. The molecule has 1 aliphatic rings. The number of aryl methyl sites for hydroxylation is 1. The van der Waals surface area contributed by atoms with Crippen molar-refractivity contribution in [3.05, 3.63) is 16.1 Å². The lowest BCUT2D eigenvalue weighted by molar-refractivity contribution is -0.0658. The zero-order valence-electron chi connectivity index (χ0n) is 8.67. The molecule has 1 aromatic rings. The highest BCUT2D eigenvalue weighted by atomic mass is 32.1. The molecule has 0 saturated carbocycles. The topological polar surface area (TPSA) is 16.1 Å². The smallest absolute Gasteiger partial charge is 0.260 e. The van der Waals surface area contributed by atoms with E-state index in [-0.39, 0.29) is 13.0 Å². The van der Waals surface area contributed by atoms with Gasteiger partial charge in [0.15, 0.2) is 0 Å². The van der Waals surface area contributed by atoms with Crippen LogP contribution in [-0.2, 0) is 6.54 Å². The van der Waals surface area contributed by atoms with E-state index < -0.39 is 5.92 Å². The van der Waals surface area contributed by atoms with Gasteiger partial charge in [0.2, 0.25) is 0 Å². The summed E-state index contributed by atoms with van der Waals surface area (Å²) in [6.07, 6.45) is 2.41. The molecule has 0 N–H and O–H groups in total. The predicted molar refractivity (Wildman–Crippen MR) is 56.3 cm³/mol. The van der Waals surface area contributed by atoms with Gasteiger partial charge >= 0.3 is 0 Å². The Labute approximate surface area is 91.9 Å². The second-order valence-corrected chi connectivity index (χ2v) is 5.34. The van der Waals surface area contributed by atoms with E-state index in [4.69, 9.17) is 0 Å². The number of aromatic nitrogens is 1. The van der Waals surface area contributed by atoms with E-state index in [0.29, 0.717) is 13.0 Å². The Morgan fingerprint density at radius 2 is 2.40 bits per heavy atom. The molecule has 0 unspecified atom stereocenters. The Morgan fingerprint density at radius 1 is 1.60 bits per heavy atom. The van der Waals surface area contributed by atoms with Crippen LogP contribution < -0.4 is 0 Å². The fourth-order valence-corrected chi connectivity index (χ4v) is 2.72. The Hall–Kier alpha value is -0.550. The third kappa shape index (κ3) is 2.95. The van der Waals surface area contributed by atoms with E-state index in [1.807, 2.05) is 11.8 Å². The van der Waals surface area contributed by atoms with Crippen LogP contribution in [0, 0.1) is 6.92 Å². The van der Waals surface area contributed by atoms with E-state index in [2.05, 4.69) is 4.98 Å². The summed E-state index contributed by atoms with van der Waals surface area (Å²) in [5.74, 6) is -2.50. The molecule has 0 bridgehead atoms. The van der Waals surface area contributed by atoms with Crippen LogP contribution in [0.4, 0.5) is 8.78 Å². The van der Waals surface area contributed by atoms with Crippen LogP contribution in [0.1, 0.15) is 22.7 Å². The molecule has 2 heterocycles. The maximum Gasteiger partial charge on any atom is 0.260 e. The molecular weight excluding hydrogens is 218 g/mol. The lowest BCUT2D eigenvalue weighted by Gasteiger charge is -2.31. The molecule has 0 aliphatic carbocycles. The monoisotopic (exact) mass is 232 g/mol. The molecule has 0 spiro atoms. The van der Waals surface area contributed by atoms with Gasteiger partial charge in [-0.05, 0) is 19.9 Å². The molecule has 1 aliphatic heterocycles. The molecule has 1 fully saturated rings. The Bertz CT molecular complexity index is 338. The maximum absolute atomic E-state index is 13.1. The average Bonchev–Trinajstić information content (AvgIpc) is 2.49. The SMILES string of the molecule is Cc1ncc(CN2CCCC(F)(F)C2)s1. The first-order chi connectivity index (χ1) is 7.05. The normalized spacial score (nSPS) is 21.8. The number of alkyl halides is 2. The van der Waals surface area contributed by atoms with E-state index >= 15 is 0 Å². The van der Waals surface area contributed by atoms with Gasteiger partial charge in [0.25, 0.3) is 5.92 Å². The zero-order valence-corrected chi connectivity index (χ0v) is 9.49. The van der Waals surface area contributed by atoms with Crippen LogP contribution in [0.25, 0.3) is 0 Å². The minimum atomic E-state index is -2.50. The van der Waals surface area contributed by atoms with Gasteiger partial charge in [0.05, 0.1) is 11.6 Å². The van der Waals surface area contributed by atoms with Crippen LogP contribution in [0.2, 0.25) is 0 Å². The average molecular weight is 232 g/mol. The van der Waals surface area contributed by atoms with Gasteiger partial charge in [-0.25, -0.2) is 13.8 Å². The van der Waals surface area contributed by atoms with E-state index in [1.54, 1.807) is 17.5 Å². The van der Waals surface area contributed by atoms with Gasteiger partial charge in [-0.2, -0.15) is 0 Å². The first-order valence-electron chi connectivity index (χ1n) is 5.07. The second-order valence-electron chi connectivity index (χ2n) is 4.02. The Balaban J connectivity index is 1.95. The first kappa shape index (κ1) is 11.0. The highest BCUT2D eigenvalue weighted by molar-refractivity contribution is 7.11. The lowest BCUT2D eigenvalue weighted by Crippen LogP contribution is -2.41. The number of rotatable bonds is 2. The summed E-state index contributed by atoms with van der Waals surface area (Å²) in [4.78, 5) is 7.01. The predicted octanol–water partition coefficient (Wildman–Crippen LogP) is 2.68. The summed E-state index contributed by atoms with van der Waals surface area (Å²) in [5, 5.41) is 0.994. The fourth-order valence-electron chi connectivity index (χ4n) is 1.88. The highest BCUT2D eigenvalue weighted by Crippen LogP contribution is 2.28. The largest absolute Gasteiger partial charge is 0.292 e. The van der Waals surface area contributed by atoms with Crippen molar-refractivity contribution >= 4 is 11.3 Å². The molecule has 0 aromatic carbocycles. The maximum atomic E-state index is 13.1. The highest BCUT2D eigenvalue weighted by Gasteiger charge is 2.34. The van der Waals surface area contributed by atoms with Gasteiger partial charge in [0, 0.05) is 24.0 Å². The molecule has 15 heavy (non-hydrogen) atoms. The van der Waals surface area contributed by atoms with Crippen molar-refractivity contribution in [2.45, 2.75) is 32.2 Å². The minimum absolute atomic E-state index is 0.0330. The zero-order chi connectivity index (χ0) is 10.9. The Kier molecular flexibility index (Phi) is 3.02. The van der Waals surface area contributed by atoms with Gasteiger partial charge < -0.3 is 0 Å². The summed E-state index contributed by atoms with van der Waals surface area (Å²) in [6, 6.07) is 0. The standard InChI is InChI=1S/C10H14F2N2S/c1-8-13-5-9(15-8)6-14-4-2-3-10(11,12)7-14/h5H,2-4,6-7H2,1H3. The third-order valence-electron chi connectivity index (χ3n) is 2.52. The lowest BCUT2D eigenvalue weighted by atomic mass is 10.1. The van der Waals surface area contributed by atoms with Crippen molar-refractivity contribution in [2.75, 3.05) is 13.1 Å². The van der Waals surface area contributed by atoms with Gasteiger partial charge in [-0.1, -0.05) is 0 Å². The number of hydrogen-bond donors (Lipinski definition) is 0. The van der Waals surface area contributed by atoms with Gasteiger partial charge in [0.1, 0.15) is 0 Å². The van der Waals surface area contributed by atoms with Crippen LogP contribution in [0.15, 0.2) is 6.20 Å². The Morgan fingerprint density at radius 3 is 3.00 bits per heavy atom. The number of nitrogens with zero attached hydrogens (tertiary/aromatic N) is 2. The molecule has 1 saturated heterocycles. The quantitative estimate of drug-likeness (QED) is 0.779. The molecule has 0 atom stereocenters. The van der Waals surface area contributed by atoms with Crippen molar-refractivity contribution in [3.63, 3.8) is 0 Å². The molecule has 2 nitrogen and oxygen atoms in total. The van der Waals surface area contributed by atoms with Crippen LogP contribution in [0.5, 0.6) is 0 Å². The summed E-state index contributed by atoms with van der Waals surface area (Å²) in [7, 11) is 0. The van der Waals surface area contributed by atoms with Crippen molar-refractivity contribution in [3.8, 4) is 0 Å². The van der Waals surface area contributed by atoms with E-state index in [9.17, 15) is 8.78 Å². The molecule has 5 heteroatoms. The van der Waals surface area contributed by atoms with Crippen LogP contribution in [0.3, 0.4) is 0 Å². The van der Waals surface area contributed by atoms with Crippen molar-refractivity contribution in [1.82, 2.24) is 9.88 Å². The number of piperidine rings is 1. The van der Waals surface area contributed by atoms with Crippen LogP contribution in [-0.4, -0.2) is 28.9 Å². The fraction of sp³-hybridized carbons (Fsp3) is 0.700. The summed E-state index contributed by atoms with van der Waals surface area (Å²) < 4.78 is 26.2. The number of hydrogen-bond acceptors (Lipinski definition) is 3. The van der Waals surface area contributed by atoms with Crippen LogP contribution >= 0.6 is 11.3 Å². The summed E-state index contributed by atoms with van der Waals surface area (Å²) >= 11 is 1.58. The van der Waals surface area contributed by atoms with E-state index in [0.717, 1.165) is 16.4 Å². The first-order valence-corrected chi connectivity index (χ1v) is 5.88. The van der Waals surface area contributed by atoms with E-state index in [1.165, 1.54) is 0 Å². The second kappa shape index (κ2) is 4.14. The molecule has 84 valence electrons. The van der Waals surface area contributed by atoms with Crippen molar-refractivity contribution in [2.24, 2.45) is 0 Å². The summed E-state index contributed by atoms with van der Waals surface area (Å²) in [6.45, 7) is 3.20. The van der Waals surface area contributed by atoms with Gasteiger partial charge in [-0.3, -0.25) is 4.90 Å². The van der Waals surface area contributed by atoms with Gasteiger partial charge in [-0.15, -0.1) is 11.3 Å². The van der Waals surface area contributed by atoms with Crippen molar-refractivity contribution in [1.29, 1.82) is 0 Å². The molecule has 2 rings (SSSR count). The number of halogens is 2. The molecule has 0 amide bonds. The molecule has 0 radical (unpaired) electrons. The molecule has 1 aromatic heterocycles. The third-order valence-corrected chi connectivity index (χ3v) is 3.42.